The Morgan fingerprint density at radius 1 is 1.33 bits per heavy atom. The van der Waals surface area contributed by atoms with E-state index in [1.165, 1.54) is 12.1 Å². The summed E-state index contributed by atoms with van der Waals surface area (Å²) in [6.45, 7) is 4.66. The smallest absolute Gasteiger partial charge is 0.254 e. The molecule has 1 aromatic rings. The van der Waals surface area contributed by atoms with E-state index >= 15 is 0 Å². The van der Waals surface area contributed by atoms with Crippen molar-refractivity contribution in [1.29, 1.82) is 0 Å². The molecule has 1 aliphatic rings. The van der Waals surface area contributed by atoms with Crippen LogP contribution >= 0.6 is 0 Å². The number of benzene rings is 1. The van der Waals surface area contributed by atoms with Crippen LogP contribution in [0.4, 0.5) is 10.1 Å². The zero-order valence-electron chi connectivity index (χ0n) is 12.3. The molecule has 0 spiro atoms. The van der Waals surface area contributed by atoms with Gasteiger partial charge in [0.25, 0.3) is 5.91 Å². The molecule has 116 valence electrons. The van der Waals surface area contributed by atoms with Crippen LogP contribution in [-0.2, 0) is 4.74 Å². The van der Waals surface area contributed by atoms with E-state index in [2.05, 4.69) is 4.90 Å². The average molecular weight is 295 g/mol. The maximum Gasteiger partial charge on any atom is 0.254 e. The van der Waals surface area contributed by atoms with Gasteiger partial charge in [-0.2, -0.15) is 0 Å². The standard InChI is InChI=1S/C15H22FN3O2/c1-21-10-9-18-5-2-6-19(8-7-18)15(20)12-3-4-14(17)13(16)11-12/h3-4,11H,2,5-10,17H2,1H3. The number of carbonyl (C=O) groups is 1. The Morgan fingerprint density at radius 3 is 2.86 bits per heavy atom. The Bertz CT molecular complexity index is 496. The lowest BCUT2D eigenvalue weighted by atomic mass is 10.1. The van der Waals surface area contributed by atoms with Crippen molar-refractivity contribution in [3.8, 4) is 0 Å². The van der Waals surface area contributed by atoms with Crippen LogP contribution in [0, 0.1) is 5.82 Å². The molecule has 21 heavy (non-hydrogen) atoms. The summed E-state index contributed by atoms with van der Waals surface area (Å²) in [5, 5.41) is 0. The lowest BCUT2D eigenvalue weighted by Gasteiger charge is -2.22. The third-order valence-corrected chi connectivity index (χ3v) is 3.73. The molecule has 0 atom stereocenters. The van der Waals surface area contributed by atoms with Crippen LogP contribution in [0.3, 0.4) is 0 Å². The maximum atomic E-state index is 13.5. The van der Waals surface area contributed by atoms with Crippen LogP contribution in [0.25, 0.3) is 0 Å². The minimum absolute atomic E-state index is 0.0631. The second-order valence-electron chi connectivity index (χ2n) is 5.22. The van der Waals surface area contributed by atoms with E-state index in [0.717, 1.165) is 26.1 Å². The number of halogens is 1. The van der Waals surface area contributed by atoms with Gasteiger partial charge < -0.3 is 15.4 Å². The molecular weight excluding hydrogens is 273 g/mol. The highest BCUT2D eigenvalue weighted by Crippen LogP contribution is 2.15. The summed E-state index contributed by atoms with van der Waals surface area (Å²) in [7, 11) is 1.68. The Morgan fingerprint density at radius 2 is 2.14 bits per heavy atom. The van der Waals surface area contributed by atoms with E-state index in [9.17, 15) is 9.18 Å². The molecule has 0 aliphatic carbocycles. The van der Waals surface area contributed by atoms with Gasteiger partial charge in [-0.3, -0.25) is 9.69 Å². The van der Waals surface area contributed by atoms with Crippen LogP contribution in [0.1, 0.15) is 16.8 Å². The summed E-state index contributed by atoms with van der Waals surface area (Å²) in [4.78, 5) is 16.5. The van der Waals surface area contributed by atoms with Gasteiger partial charge in [-0.1, -0.05) is 0 Å². The van der Waals surface area contributed by atoms with Crippen LogP contribution in [0.15, 0.2) is 18.2 Å². The Kier molecular flexibility index (Phi) is 5.52. The Hall–Kier alpha value is -1.66. The van der Waals surface area contributed by atoms with Gasteiger partial charge >= 0.3 is 0 Å². The van der Waals surface area contributed by atoms with Crippen LogP contribution < -0.4 is 5.73 Å². The molecule has 0 aromatic heterocycles. The summed E-state index contributed by atoms with van der Waals surface area (Å²) < 4.78 is 18.5. The van der Waals surface area contributed by atoms with E-state index in [1.54, 1.807) is 18.1 Å². The number of nitrogens with two attached hydrogens (primary N) is 1. The molecule has 0 radical (unpaired) electrons. The largest absolute Gasteiger partial charge is 0.396 e. The maximum absolute atomic E-state index is 13.5. The van der Waals surface area contributed by atoms with Crippen molar-refractivity contribution in [2.24, 2.45) is 0 Å². The second-order valence-corrected chi connectivity index (χ2v) is 5.22. The molecule has 1 aromatic carbocycles. The van der Waals surface area contributed by atoms with Crippen LogP contribution in [0.2, 0.25) is 0 Å². The predicted molar refractivity (Wildman–Crippen MR) is 79.6 cm³/mol. The minimum atomic E-state index is -0.544. The average Bonchev–Trinajstić information content (AvgIpc) is 2.73. The Balaban J connectivity index is 1.98. The van der Waals surface area contributed by atoms with Gasteiger partial charge in [0.05, 0.1) is 12.3 Å². The van der Waals surface area contributed by atoms with E-state index in [4.69, 9.17) is 10.5 Å². The van der Waals surface area contributed by atoms with Crippen molar-refractivity contribution in [2.75, 3.05) is 52.2 Å². The van der Waals surface area contributed by atoms with Crippen molar-refractivity contribution in [1.82, 2.24) is 9.80 Å². The first-order valence-electron chi connectivity index (χ1n) is 7.17. The molecular formula is C15H22FN3O2. The number of methoxy groups -OCH3 is 1. The molecule has 2 rings (SSSR count). The number of amides is 1. The van der Waals surface area contributed by atoms with Gasteiger partial charge in [-0.15, -0.1) is 0 Å². The fourth-order valence-corrected chi connectivity index (χ4v) is 2.46. The van der Waals surface area contributed by atoms with Crippen molar-refractivity contribution in [2.45, 2.75) is 6.42 Å². The fourth-order valence-electron chi connectivity index (χ4n) is 2.46. The van der Waals surface area contributed by atoms with Gasteiger partial charge in [0.1, 0.15) is 5.82 Å². The summed E-state index contributed by atoms with van der Waals surface area (Å²) >= 11 is 0. The van der Waals surface area contributed by atoms with E-state index in [1.807, 2.05) is 0 Å². The van der Waals surface area contributed by atoms with Crippen LogP contribution in [-0.4, -0.2) is 62.1 Å². The SMILES string of the molecule is COCCN1CCCN(C(=O)c2ccc(N)c(F)c2)CC1. The van der Waals surface area contributed by atoms with E-state index < -0.39 is 5.82 Å². The number of anilines is 1. The highest BCUT2D eigenvalue weighted by molar-refractivity contribution is 5.94. The number of carbonyl (C=O) groups excluding carboxylic acids is 1. The summed E-state index contributed by atoms with van der Waals surface area (Å²) in [5.41, 5.74) is 5.86. The summed E-state index contributed by atoms with van der Waals surface area (Å²) in [6, 6.07) is 4.23. The molecule has 6 heteroatoms. The Labute approximate surface area is 124 Å². The molecule has 0 saturated carbocycles. The molecule has 5 nitrogen and oxygen atoms in total. The first kappa shape index (κ1) is 15.7. The zero-order chi connectivity index (χ0) is 15.2. The molecule has 1 saturated heterocycles. The topological polar surface area (TPSA) is 58.8 Å². The third-order valence-electron chi connectivity index (χ3n) is 3.73. The summed E-state index contributed by atoms with van der Waals surface area (Å²) in [6.07, 6.45) is 0.910. The van der Waals surface area contributed by atoms with Gasteiger partial charge in [-0.25, -0.2) is 4.39 Å². The first-order valence-corrected chi connectivity index (χ1v) is 7.17. The van der Waals surface area contributed by atoms with E-state index in [-0.39, 0.29) is 11.6 Å². The number of ether oxygens (including phenoxy) is 1. The number of nitrogens with zero attached hydrogens (tertiary/aromatic N) is 2. The lowest BCUT2D eigenvalue weighted by molar-refractivity contribution is 0.0758. The van der Waals surface area contributed by atoms with Crippen molar-refractivity contribution >= 4 is 11.6 Å². The van der Waals surface area contributed by atoms with E-state index in [0.29, 0.717) is 25.3 Å². The zero-order valence-corrected chi connectivity index (χ0v) is 12.3. The monoisotopic (exact) mass is 295 g/mol. The predicted octanol–water partition coefficient (Wildman–Crippen LogP) is 1.20. The minimum Gasteiger partial charge on any atom is -0.396 e. The first-order chi connectivity index (χ1) is 10.1. The van der Waals surface area contributed by atoms with Gasteiger partial charge in [0.2, 0.25) is 0 Å². The second kappa shape index (κ2) is 7.38. The third kappa shape index (κ3) is 4.15. The lowest BCUT2D eigenvalue weighted by Crippen LogP contribution is -2.36. The van der Waals surface area contributed by atoms with Gasteiger partial charge in [-0.05, 0) is 31.2 Å². The molecule has 1 heterocycles. The molecule has 1 fully saturated rings. The molecule has 0 bridgehead atoms. The number of hydrogen-bond donors (Lipinski definition) is 1. The molecule has 0 unspecified atom stereocenters. The highest BCUT2D eigenvalue weighted by atomic mass is 19.1. The number of nitrogen functional groups attached to an aromatic ring is 1. The molecule has 1 aliphatic heterocycles. The van der Waals surface area contributed by atoms with Gasteiger partial charge in [0.15, 0.2) is 0 Å². The molecule has 2 N–H and O–H groups in total. The van der Waals surface area contributed by atoms with Gasteiger partial charge in [0, 0.05) is 38.9 Å². The van der Waals surface area contributed by atoms with Crippen molar-refractivity contribution in [3.05, 3.63) is 29.6 Å². The quantitative estimate of drug-likeness (QED) is 0.848. The van der Waals surface area contributed by atoms with Crippen LogP contribution in [0.5, 0.6) is 0 Å². The fraction of sp³-hybridized carbons (Fsp3) is 0.533. The number of hydrogen-bond acceptors (Lipinski definition) is 4. The van der Waals surface area contributed by atoms with Crippen molar-refractivity contribution < 1.29 is 13.9 Å². The highest BCUT2D eigenvalue weighted by Gasteiger charge is 2.20. The van der Waals surface area contributed by atoms with Crippen molar-refractivity contribution in [3.63, 3.8) is 0 Å². The number of rotatable bonds is 4. The molecule has 1 amide bonds. The summed E-state index contributed by atoms with van der Waals surface area (Å²) in [5.74, 6) is -0.681. The normalized spacial score (nSPS) is 16.8.